The molecule has 0 aromatic heterocycles. The number of anilines is 1. The van der Waals surface area contributed by atoms with Crippen LogP contribution in [0, 0.1) is 11.6 Å². The summed E-state index contributed by atoms with van der Waals surface area (Å²) in [5.74, 6) is -2.24. The molecule has 1 aromatic rings. The third kappa shape index (κ3) is 2.64. The molecule has 2 rings (SSSR count). The van der Waals surface area contributed by atoms with E-state index in [2.05, 4.69) is 5.32 Å². The van der Waals surface area contributed by atoms with E-state index in [0.29, 0.717) is 13.1 Å². The molecule has 1 heterocycles. The highest BCUT2D eigenvalue weighted by Gasteiger charge is 2.30. The second-order valence-electron chi connectivity index (χ2n) is 4.13. The average molecular weight is 269 g/mol. The third-order valence-electron chi connectivity index (χ3n) is 2.92. The third-order valence-corrected chi connectivity index (χ3v) is 2.92. The fourth-order valence-electron chi connectivity index (χ4n) is 1.87. The first-order valence-electron chi connectivity index (χ1n) is 5.75. The minimum Gasteiger partial charge on any atom is -0.358 e. The van der Waals surface area contributed by atoms with E-state index in [0.717, 1.165) is 12.1 Å². The van der Waals surface area contributed by atoms with Crippen LogP contribution in [0.25, 0.3) is 0 Å². The van der Waals surface area contributed by atoms with E-state index >= 15 is 0 Å². The van der Waals surface area contributed by atoms with E-state index in [4.69, 9.17) is 0 Å². The molecule has 7 heteroatoms. The average Bonchev–Trinajstić information content (AvgIpc) is 2.74. The van der Waals surface area contributed by atoms with E-state index < -0.39 is 17.7 Å². The molecule has 0 aliphatic carbocycles. The summed E-state index contributed by atoms with van der Waals surface area (Å²) in [4.78, 5) is 25.9. The minimum absolute atomic E-state index is 0.0461. The number of likely N-dealkylation sites (N-methyl/N-ethyl adjacent to an activating group) is 1. The highest BCUT2D eigenvalue weighted by Crippen LogP contribution is 2.22. The van der Waals surface area contributed by atoms with Crippen LogP contribution in [0.1, 0.15) is 0 Å². The molecule has 1 aliphatic heterocycles. The van der Waals surface area contributed by atoms with Crippen LogP contribution in [-0.2, 0) is 4.79 Å². The quantitative estimate of drug-likeness (QED) is 0.888. The van der Waals surface area contributed by atoms with Crippen molar-refractivity contribution in [3.63, 3.8) is 0 Å². The fraction of sp³-hybridized carbons (Fsp3) is 0.333. The molecule has 1 N–H and O–H groups in total. The molecule has 102 valence electrons. The largest absolute Gasteiger partial charge is 0.358 e. The van der Waals surface area contributed by atoms with Gasteiger partial charge in [-0.25, -0.2) is 13.6 Å². The van der Waals surface area contributed by atoms with Crippen LogP contribution in [-0.4, -0.2) is 43.5 Å². The maximum Gasteiger partial charge on any atom is 0.325 e. The number of carbonyl (C=O) groups is 2. The molecular formula is C12H13F2N3O2. The maximum atomic E-state index is 13.1. The van der Waals surface area contributed by atoms with Gasteiger partial charge in [0.15, 0.2) is 11.6 Å². The first-order chi connectivity index (χ1) is 9.02. The lowest BCUT2D eigenvalue weighted by atomic mass is 10.3. The smallest absolute Gasteiger partial charge is 0.325 e. The number of nitrogens with zero attached hydrogens (tertiary/aromatic N) is 2. The van der Waals surface area contributed by atoms with E-state index in [1.54, 1.807) is 0 Å². The summed E-state index contributed by atoms with van der Waals surface area (Å²) in [6.45, 7) is 0.654. The molecule has 19 heavy (non-hydrogen) atoms. The second kappa shape index (κ2) is 5.21. The van der Waals surface area contributed by atoms with Crippen LogP contribution >= 0.6 is 0 Å². The van der Waals surface area contributed by atoms with Crippen LogP contribution in [0.3, 0.4) is 0 Å². The molecule has 0 radical (unpaired) electrons. The molecule has 1 fully saturated rings. The van der Waals surface area contributed by atoms with Crippen LogP contribution < -0.4 is 10.2 Å². The first kappa shape index (κ1) is 13.3. The Kier molecular flexibility index (Phi) is 3.64. The second-order valence-corrected chi connectivity index (χ2v) is 4.13. The normalized spacial score (nSPS) is 15.0. The Labute approximate surface area is 108 Å². The van der Waals surface area contributed by atoms with Crippen LogP contribution in [0.15, 0.2) is 18.2 Å². The minimum atomic E-state index is -1.00. The topological polar surface area (TPSA) is 52.7 Å². The van der Waals surface area contributed by atoms with Crippen molar-refractivity contribution in [3.05, 3.63) is 29.8 Å². The van der Waals surface area contributed by atoms with Gasteiger partial charge in [-0.2, -0.15) is 0 Å². The van der Waals surface area contributed by atoms with Crippen molar-refractivity contribution in [1.82, 2.24) is 10.2 Å². The number of rotatable bonds is 3. The monoisotopic (exact) mass is 269 g/mol. The Morgan fingerprint density at radius 1 is 1.32 bits per heavy atom. The van der Waals surface area contributed by atoms with E-state index in [1.807, 2.05) is 0 Å². The summed E-state index contributed by atoms with van der Waals surface area (Å²) >= 11 is 0. The highest BCUT2D eigenvalue weighted by atomic mass is 19.2. The van der Waals surface area contributed by atoms with Gasteiger partial charge in [0, 0.05) is 31.9 Å². The lowest BCUT2D eigenvalue weighted by Gasteiger charge is -2.18. The van der Waals surface area contributed by atoms with Gasteiger partial charge in [-0.3, -0.25) is 9.69 Å². The molecule has 3 amide bonds. The molecule has 0 spiro atoms. The molecule has 0 bridgehead atoms. The molecule has 1 aliphatic rings. The molecule has 1 saturated heterocycles. The van der Waals surface area contributed by atoms with Gasteiger partial charge in [-0.15, -0.1) is 0 Å². The SMILES string of the molecule is CNC(=O)CN1CCN(c2ccc(F)c(F)c2)C1=O. The number of amides is 3. The molecule has 0 unspecified atom stereocenters. The van der Waals surface area contributed by atoms with Gasteiger partial charge in [-0.1, -0.05) is 0 Å². The van der Waals surface area contributed by atoms with Crippen molar-refractivity contribution in [2.75, 3.05) is 31.6 Å². The molecule has 0 atom stereocenters. The predicted molar refractivity (Wildman–Crippen MR) is 64.7 cm³/mol. The van der Waals surface area contributed by atoms with Gasteiger partial charge >= 0.3 is 6.03 Å². The number of halogens is 2. The van der Waals surface area contributed by atoms with Crippen molar-refractivity contribution >= 4 is 17.6 Å². The Bertz CT molecular complexity index is 522. The number of hydrogen-bond acceptors (Lipinski definition) is 2. The summed E-state index contributed by atoms with van der Waals surface area (Å²) in [7, 11) is 1.48. The Morgan fingerprint density at radius 2 is 2.05 bits per heavy atom. The van der Waals surface area contributed by atoms with Crippen molar-refractivity contribution in [1.29, 1.82) is 0 Å². The molecule has 0 saturated carbocycles. The summed E-state index contributed by atoms with van der Waals surface area (Å²) in [6, 6.07) is 2.88. The summed E-state index contributed by atoms with van der Waals surface area (Å²) in [6.07, 6.45) is 0. The van der Waals surface area contributed by atoms with Gasteiger partial charge in [0.05, 0.1) is 0 Å². The lowest BCUT2D eigenvalue weighted by Crippen LogP contribution is -2.38. The van der Waals surface area contributed by atoms with Crippen LogP contribution in [0.2, 0.25) is 0 Å². The number of hydrogen-bond donors (Lipinski definition) is 1. The first-order valence-corrected chi connectivity index (χ1v) is 5.75. The zero-order chi connectivity index (χ0) is 14.0. The van der Waals surface area contributed by atoms with E-state index in [9.17, 15) is 18.4 Å². The van der Waals surface area contributed by atoms with Crippen molar-refractivity contribution in [2.24, 2.45) is 0 Å². The summed E-state index contributed by atoms with van der Waals surface area (Å²) in [5.41, 5.74) is 0.281. The van der Waals surface area contributed by atoms with Gasteiger partial charge < -0.3 is 10.2 Å². The molecule has 5 nitrogen and oxygen atoms in total. The Balaban J connectivity index is 2.13. The van der Waals surface area contributed by atoms with E-state index in [1.165, 1.54) is 22.9 Å². The number of benzene rings is 1. The standard InChI is InChI=1S/C12H13F2N3O2/c1-15-11(18)7-16-4-5-17(12(16)19)8-2-3-9(13)10(14)6-8/h2-3,6H,4-5,7H2,1H3,(H,15,18). The van der Waals surface area contributed by atoms with Crippen LogP contribution in [0.5, 0.6) is 0 Å². The maximum absolute atomic E-state index is 13.1. The van der Waals surface area contributed by atoms with Crippen molar-refractivity contribution in [2.45, 2.75) is 0 Å². The number of carbonyl (C=O) groups excluding carboxylic acids is 2. The molecular weight excluding hydrogens is 256 g/mol. The van der Waals surface area contributed by atoms with Gasteiger partial charge in [0.25, 0.3) is 0 Å². The van der Waals surface area contributed by atoms with Crippen LogP contribution in [0.4, 0.5) is 19.3 Å². The van der Waals surface area contributed by atoms with Gasteiger partial charge in [0.1, 0.15) is 6.54 Å². The summed E-state index contributed by atoms with van der Waals surface area (Å²) < 4.78 is 26.0. The molecule has 1 aromatic carbocycles. The number of nitrogens with one attached hydrogen (secondary N) is 1. The Morgan fingerprint density at radius 3 is 2.68 bits per heavy atom. The summed E-state index contributed by atoms with van der Waals surface area (Å²) in [5, 5.41) is 2.42. The van der Waals surface area contributed by atoms with E-state index in [-0.39, 0.29) is 18.1 Å². The zero-order valence-corrected chi connectivity index (χ0v) is 10.3. The predicted octanol–water partition coefficient (Wildman–Crippen LogP) is 0.953. The van der Waals surface area contributed by atoms with Crippen molar-refractivity contribution < 1.29 is 18.4 Å². The highest BCUT2D eigenvalue weighted by molar-refractivity contribution is 5.96. The van der Waals surface area contributed by atoms with Crippen molar-refractivity contribution in [3.8, 4) is 0 Å². The number of urea groups is 1. The zero-order valence-electron chi connectivity index (χ0n) is 10.3. The fourth-order valence-corrected chi connectivity index (χ4v) is 1.87. The van der Waals surface area contributed by atoms with Gasteiger partial charge in [0.2, 0.25) is 5.91 Å². The Hall–Kier alpha value is -2.18. The van der Waals surface area contributed by atoms with Gasteiger partial charge in [-0.05, 0) is 12.1 Å². The lowest BCUT2D eigenvalue weighted by molar-refractivity contribution is -0.121.